The Morgan fingerprint density at radius 2 is 2.25 bits per heavy atom. The molecule has 1 aromatic carbocycles. The van der Waals surface area contributed by atoms with Gasteiger partial charge in [0.1, 0.15) is 0 Å². The number of aromatic hydroxyl groups is 1. The molecular weight excluding hydrogens is 157 g/mol. The van der Waals surface area contributed by atoms with Crippen LogP contribution in [-0.2, 0) is 0 Å². The zero-order valence-corrected chi connectivity index (χ0v) is 6.50. The van der Waals surface area contributed by atoms with Crippen LogP contribution in [0.25, 0.3) is 0 Å². The van der Waals surface area contributed by atoms with Crippen molar-refractivity contribution in [2.45, 2.75) is 6.04 Å². The van der Waals surface area contributed by atoms with E-state index in [1.165, 1.54) is 24.3 Å². The molecule has 0 aromatic heterocycles. The van der Waals surface area contributed by atoms with Crippen molar-refractivity contribution in [3.8, 4) is 5.75 Å². The van der Waals surface area contributed by atoms with Gasteiger partial charge in [-0.15, -0.1) is 6.58 Å². The van der Waals surface area contributed by atoms with Crippen LogP contribution < -0.4 is 5.73 Å². The van der Waals surface area contributed by atoms with E-state index in [1.807, 2.05) is 0 Å². The van der Waals surface area contributed by atoms with E-state index in [-0.39, 0.29) is 11.3 Å². The SMILES string of the molecule is C=C[C@H](N)c1cccc(O)c1F. The third-order valence-corrected chi connectivity index (χ3v) is 1.62. The average molecular weight is 167 g/mol. The Balaban J connectivity index is 3.15. The van der Waals surface area contributed by atoms with E-state index in [0.717, 1.165) is 0 Å². The molecule has 0 heterocycles. The predicted molar refractivity (Wildman–Crippen MR) is 45.2 cm³/mol. The first-order chi connectivity index (χ1) is 5.66. The Morgan fingerprint density at radius 3 is 2.83 bits per heavy atom. The van der Waals surface area contributed by atoms with Crippen LogP contribution in [0.4, 0.5) is 4.39 Å². The van der Waals surface area contributed by atoms with E-state index >= 15 is 0 Å². The Bertz CT molecular complexity index is 299. The Labute approximate surface area is 70.1 Å². The summed E-state index contributed by atoms with van der Waals surface area (Å²) in [6, 6.07) is 3.75. The quantitative estimate of drug-likeness (QED) is 0.659. The largest absolute Gasteiger partial charge is 0.505 e. The van der Waals surface area contributed by atoms with Crippen LogP contribution in [0.5, 0.6) is 5.75 Å². The summed E-state index contributed by atoms with van der Waals surface area (Å²) in [5, 5.41) is 8.98. The summed E-state index contributed by atoms with van der Waals surface area (Å²) >= 11 is 0. The van der Waals surface area contributed by atoms with Crippen molar-refractivity contribution in [2.75, 3.05) is 0 Å². The third-order valence-electron chi connectivity index (χ3n) is 1.62. The second-order valence-electron chi connectivity index (χ2n) is 2.44. The highest BCUT2D eigenvalue weighted by atomic mass is 19.1. The summed E-state index contributed by atoms with van der Waals surface area (Å²) in [4.78, 5) is 0. The molecule has 1 atom stereocenters. The van der Waals surface area contributed by atoms with Crippen LogP contribution >= 0.6 is 0 Å². The summed E-state index contributed by atoms with van der Waals surface area (Å²) in [6.07, 6.45) is 1.41. The molecule has 3 heteroatoms. The van der Waals surface area contributed by atoms with Gasteiger partial charge < -0.3 is 10.8 Å². The molecule has 0 aliphatic heterocycles. The highest BCUT2D eigenvalue weighted by Gasteiger charge is 2.10. The zero-order valence-electron chi connectivity index (χ0n) is 6.50. The lowest BCUT2D eigenvalue weighted by molar-refractivity contribution is 0.427. The van der Waals surface area contributed by atoms with Gasteiger partial charge in [0, 0.05) is 5.56 Å². The minimum absolute atomic E-state index is 0.255. The first kappa shape index (κ1) is 8.74. The van der Waals surface area contributed by atoms with Crippen molar-refractivity contribution in [3.63, 3.8) is 0 Å². The van der Waals surface area contributed by atoms with Gasteiger partial charge >= 0.3 is 0 Å². The number of phenolic OH excluding ortho intramolecular Hbond substituents is 1. The van der Waals surface area contributed by atoms with Crippen LogP contribution in [-0.4, -0.2) is 5.11 Å². The van der Waals surface area contributed by atoms with E-state index in [0.29, 0.717) is 0 Å². The molecule has 0 spiro atoms. The number of hydrogen-bond donors (Lipinski definition) is 2. The first-order valence-electron chi connectivity index (χ1n) is 3.52. The van der Waals surface area contributed by atoms with Crippen molar-refractivity contribution >= 4 is 0 Å². The average Bonchev–Trinajstić information content (AvgIpc) is 2.08. The summed E-state index contributed by atoms with van der Waals surface area (Å²) in [5.74, 6) is -1.06. The van der Waals surface area contributed by atoms with Crippen LogP contribution in [0.3, 0.4) is 0 Å². The third kappa shape index (κ3) is 1.46. The lowest BCUT2D eigenvalue weighted by Gasteiger charge is -2.07. The molecule has 1 rings (SSSR count). The lowest BCUT2D eigenvalue weighted by atomic mass is 10.1. The van der Waals surface area contributed by atoms with E-state index < -0.39 is 11.9 Å². The predicted octanol–water partition coefficient (Wildman–Crippen LogP) is 1.72. The molecule has 2 nitrogen and oxygen atoms in total. The molecule has 12 heavy (non-hydrogen) atoms. The Morgan fingerprint density at radius 1 is 1.58 bits per heavy atom. The maximum atomic E-state index is 13.1. The number of hydrogen-bond acceptors (Lipinski definition) is 2. The monoisotopic (exact) mass is 167 g/mol. The fraction of sp³-hybridized carbons (Fsp3) is 0.111. The van der Waals surface area contributed by atoms with Gasteiger partial charge in [0.2, 0.25) is 0 Å². The van der Waals surface area contributed by atoms with Gasteiger partial charge in [-0.1, -0.05) is 18.2 Å². The van der Waals surface area contributed by atoms with Gasteiger partial charge in [-0.25, -0.2) is 4.39 Å². The standard InChI is InChI=1S/C9H10FNO/c1-2-7(11)6-4-3-5-8(12)9(6)10/h2-5,7,12H,1,11H2/t7-/m0/s1. The van der Waals surface area contributed by atoms with Crippen LogP contribution in [0.2, 0.25) is 0 Å². The number of phenols is 1. The Kier molecular flexibility index (Phi) is 2.45. The van der Waals surface area contributed by atoms with Gasteiger partial charge in [-0.05, 0) is 6.07 Å². The highest BCUT2D eigenvalue weighted by molar-refractivity contribution is 5.33. The molecule has 0 radical (unpaired) electrons. The number of rotatable bonds is 2. The van der Waals surface area contributed by atoms with Gasteiger partial charge in [0.15, 0.2) is 11.6 Å². The topological polar surface area (TPSA) is 46.2 Å². The normalized spacial score (nSPS) is 12.5. The fourth-order valence-corrected chi connectivity index (χ4v) is 0.922. The highest BCUT2D eigenvalue weighted by Crippen LogP contribution is 2.22. The van der Waals surface area contributed by atoms with Crippen molar-refractivity contribution < 1.29 is 9.50 Å². The first-order valence-corrected chi connectivity index (χ1v) is 3.52. The smallest absolute Gasteiger partial charge is 0.169 e. The van der Waals surface area contributed by atoms with Crippen molar-refractivity contribution in [2.24, 2.45) is 5.73 Å². The molecule has 0 fully saturated rings. The molecule has 3 N–H and O–H groups in total. The van der Waals surface area contributed by atoms with E-state index in [2.05, 4.69) is 6.58 Å². The fourth-order valence-electron chi connectivity index (χ4n) is 0.922. The van der Waals surface area contributed by atoms with E-state index in [1.54, 1.807) is 0 Å². The molecule has 0 aliphatic carbocycles. The summed E-state index contributed by atoms with van der Waals surface area (Å²) in [6.45, 7) is 3.43. The Hall–Kier alpha value is -1.35. The molecule has 0 saturated carbocycles. The van der Waals surface area contributed by atoms with Crippen molar-refractivity contribution in [1.82, 2.24) is 0 Å². The van der Waals surface area contributed by atoms with Gasteiger partial charge in [0.25, 0.3) is 0 Å². The second kappa shape index (κ2) is 3.36. The second-order valence-corrected chi connectivity index (χ2v) is 2.44. The molecule has 0 saturated heterocycles. The van der Waals surface area contributed by atoms with Gasteiger partial charge in [-0.2, -0.15) is 0 Å². The molecule has 64 valence electrons. The summed E-state index contributed by atoms with van der Waals surface area (Å²) in [5.41, 5.74) is 5.75. The van der Waals surface area contributed by atoms with Crippen LogP contribution in [0.15, 0.2) is 30.9 Å². The molecule has 0 unspecified atom stereocenters. The van der Waals surface area contributed by atoms with Crippen molar-refractivity contribution in [3.05, 3.63) is 42.2 Å². The van der Waals surface area contributed by atoms with Crippen LogP contribution in [0, 0.1) is 5.82 Å². The summed E-state index contributed by atoms with van der Waals surface area (Å²) < 4.78 is 13.1. The number of nitrogens with two attached hydrogens (primary N) is 1. The molecular formula is C9H10FNO. The van der Waals surface area contributed by atoms with Gasteiger partial charge in [0.05, 0.1) is 6.04 Å². The minimum Gasteiger partial charge on any atom is -0.505 e. The zero-order chi connectivity index (χ0) is 9.14. The summed E-state index contributed by atoms with van der Waals surface area (Å²) in [7, 11) is 0. The van der Waals surface area contributed by atoms with Crippen molar-refractivity contribution in [1.29, 1.82) is 0 Å². The lowest BCUT2D eigenvalue weighted by Crippen LogP contribution is -2.08. The van der Waals surface area contributed by atoms with E-state index in [9.17, 15) is 4.39 Å². The number of halogens is 1. The minimum atomic E-state index is -0.676. The number of benzene rings is 1. The molecule has 0 amide bonds. The maximum Gasteiger partial charge on any atom is 0.169 e. The van der Waals surface area contributed by atoms with E-state index in [4.69, 9.17) is 10.8 Å². The molecule has 1 aromatic rings. The molecule has 0 bridgehead atoms. The van der Waals surface area contributed by atoms with Crippen LogP contribution in [0.1, 0.15) is 11.6 Å². The van der Waals surface area contributed by atoms with Gasteiger partial charge in [-0.3, -0.25) is 0 Å². The molecule has 0 aliphatic rings. The maximum absolute atomic E-state index is 13.1.